The van der Waals surface area contributed by atoms with Gasteiger partial charge in [0.1, 0.15) is 11.2 Å². The maximum Gasteiger partial charge on any atom is 0.228 e. The normalized spacial score (nSPS) is 11.5. The molecule has 0 spiro atoms. The number of benzene rings is 2. The van der Waals surface area contributed by atoms with Crippen LogP contribution in [0.4, 0.5) is 27.4 Å². The summed E-state index contributed by atoms with van der Waals surface area (Å²) in [4.78, 5) is 25.4. The fraction of sp³-hybridized carbons (Fsp3) is 0.276. The fourth-order valence-electron chi connectivity index (χ4n) is 4.79. The molecular formula is C29H32FN7O2. The zero-order chi connectivity index (χ0) is 27.7. The Labute approximate surface area is 226 Å². The number of anilines is 4. The smallest absolute Gasteiger partial charge is 0.228 e. The molecule has 202 valence electrons. The van der Waals surface area contributed by atoms with Crippen LogP contribution < -0.4 is 15.5 Å². The predicted molar refractivity (Wildman–Crippen MR) is 154 cm³/mol. The van der Waals surface area contributed by atoms with E-state index in [-0.39, 0.29) is 11.9 Å². The highest BCUT2D eigenvalue weighted by atomic mass is 19.1. The third-order valence-electron chi connectivity index (χ3n) is 6.60. The van der Waals surface area contributed by atoms with Crippen molar-refractivity contribution in [2.24, 2.45) is 7.05 Å². The number of carbonyl (C=O) groups is 1. The molecule has 3 heterocycles. The van der Waals surface area contributed by atoms with Crippen LogP contribution in [0.3, 0.4) is 0 Å². The Kier molecular flexibility index (Phi) is 7.21. The van der Waals surface area contributed by atoms with Crippen molar-refractivity contribution in [2.75, 3.05) is 49.3 Å². The van der Waals surface area contributed by atoms with E-state index in [1.54, 1.807) is 18.4 Å². The first-order chi connectivity index (χ1) is 18.7. The van der Waals surface area contributed by atoms with E-state index < -0.39 is 5.82 Å². The van der Waals surface area contributed by atoms with Gasteiger partial charge in [-0.05, 0) is 39.2 Å². The molecule has 1 amide bonds. The summed E-state index contributed by atoms with van der Waals surface area (Å²) in [6.07, 6.45) is 3.59. The van der Waals surface area contributed by atoms with Gasteiger partial charge in [-0.2, -0.15) is 0 Å². The molecule has 0 bridgehead atoms. The summed E-state index contributed by atoms with van der Waals surface area (Å²) in [5.41, 5.74) is 4.92. The van der Waals surface area contributed by atoms with Gasteiger partial charge in [0.15, 0.2) is 11.4 Å². The van der Waals surface area contributed by atoms with Gasteiger partial charge >= 0.3 is 0 Å². The van der Waals surface area contributed by atoms with Gasteiger partial charge in [-0.1, -0.05) is 18.2 Å². The van der Waals surface area contributed by atoms with Crippen LogP contribution in [-0.4, -0.2) is 59.1 Å². The van der Waals surface area contributed by atoms with Crippen LogP contribution in [0.25, 0.3) is 33.3 Å². The second-order valence-electron chi connectivity index (χ2n) is 9.74. The van der Waals surface area contributed by atoms with Crippen molar-refractivity contribution >= 4 is 50.9 Å². The summed E-state index contributed by atoms with van der Waals surface area (Å²) in [5, 5.41) is 6.98. The summed E-state index contributed by atoms with van der Waals surface area (Å²) in [6.45, 7) is 5.29. The molecule has 3 aromatic heterocycles. The molecule has 39 heavy (non-hydrogen) atoms. The number of amides is 1. The standard InChI is InChI=1S/C29H32FN7O2/c1-6-37(13-12-35(3)4)27-22(30)15-19(16-24(27)31-18(2)38)32-29-33-23-11-14-39-28(23)26(34-29)21-17-36(5)25-10-8-7-9-20(21)25/h7-11,14-17H,6,12-13H2,1-5H3,(H,31,38)(H,32,33,34). The zero-order valence-corrected chi connectivity index (χ0v) is 22.7. The van der Waals surface area contributed by atoms with E-state index in [0.717, 1.165) is 23.0 Å². The molecule has 5 rings (SSSR count). The fourth-order valence-corrected chi connectivity index (χ4v) is 4.79. The SMILES string of the molecule is CCN(CCN(C)C)c1c(F)cc(Nc2nc(-c3cn(C)c4ccccc34)c3occc3n2)cc1NC(C)=O. The van der Waals surface area contributed by atoms with E-state index in [0.29, 0.717) is 46.9 Å². The number of halogens is 1. The highest BCUT2D eigenvalue weighted by molar-refractivity contribution is 6.01. The van der Waals surface area contributed by atoms with Crippen LogP contribution in [0.2, 0.25) is 0 Å². The number of furan rings is 1. The van der Waals surface area contributed by atoms with Crippen molar-refractivity contribution in [2.45, 2.75) is 13.8 Å². The number of nitrogens with zero attached hydrogens (tertiary/aromatic N) is 5. The Bertz CT molecular complexity index is 1660. The Morgan fingerprint density at radius 2 is 1.92 bits per heavy atom. The number of aryl methyl sites for hydroxylation is 1. The lowest BCUT2D eigenvalue weighted by Gasteiger charge is -2.28. The highest BCUT2D eigenvalue weighted by Gasteiger charge is 2.20. The van der Waals surface area contributed by atoms with Crippen LogP contribution in [0.5, 0.6) is 0 Å². The average Bonchev–Trinajstić information content (AvgIpc) is 3.49. The average molecular weight is 530 g/mol. The molecule has 2 aromatic carbocycles. The topological polar surface area (TPSA) is 91.5 Å². The number of hydrogen-bond acceptors (Lipinski definition) is 7. The molecule has 10 heteroatoms. The van der Waals surface area contributed by atoms with Crippen molar-refractivity contribution in [3.05, 3.63) is 60.7 Å². The molecule has 0 radical (unpaired) electrons. The second-order valence-corrected chi connectivity index (χ2v) is 9.74. The van der Waals surface area contributed by atoms with Crippen molar-refractivity contribution < 1.29 is 13.6 Å². The lowest BCUT2D eigenvalue weighted by molar-refractivity contribution is -0.114. The summed E-state index contributed by atoms with van der Waals surface area (Å²) < 4.78 is 23.4. The van der Waals surface area contributed by atoms with Gasteiger partial charge < -0.3 is 29.4 Å². The van der Waals surface area contributed by atoms with Crippen molar-refractivity contribution in [1.82, 2.24) is 19.4 Å². The summed E-state index contributed by atoms with van der Waals surface area (Å²) >= 11 is 0. The van der Waals surface area contributed by atoms with Crippen LogP contribution in [0, 0.1) is 5.82 Å². The molecule has 5 aromatic rings. The minimum absolute atomic E-state index is 0.285. The highest BCUT2D eigenvalue weighted by Crippen LogP contribution is 2.36. The van der Waals surface area contributed by atoms with Crippen LogP contribution in [-0.2, 0) is 11.8 Å². The molecular weight excluding hydrogens is 497 g/mol. The first-order valence-electron chi connectivity index (χ1n) is 12.8. The molecule has 2 N–H and O–H groups in total. The second kappa shape index (κ2) is 10.7. The van der Waals surface area contributed by atoms with Crippen LogP contribution >= 0.6 is 0 Å². The van der Waals surface area contributed by atoms with Crippen molar-refractivity contribution in [3.8, 4) is 11.3 Å². The first kappa shape index (κ1) is 26.2. The first-order valence-corrected chi connectivity index (χ1v) is 12.8. The number of carbonyl (C=O) groups excluding carboxylic acids is 1. The molecule has 0 unspecified atom stereocenters. The minimum Gasteiger partial charge on any atom is -0.460 e. The van der Waals surface area contributed by atoms with Crippen LogP contribution in [0.15, 0.2) is 59.3 Å². The number of nitrogens with one attached hydrogen (secondary N) is 2. The number of fused-ring (bicyclic) bond motifs is 2. The van der Waals surface area contributed by atoms with Crippen LogP contribution in [0.1, 0.15) is 13.8 Å². The monoisotopic (exact) mass is 529 g/mol. The van der Waals surface area contributed by atoms with E-state index in [4.69, 9.17) is 9.40 Å². The maximum absolute atomic E-state index is 15.6. The Morgan fingerprint density at radius 1 is 1.13 bits per heavy atom. The maximum atomic E-state index is 15.6. The molecule has 0 saturated carbocycles. The zero-order valence-electron chi connectivity index (χ0n) is 22.7. The van der Waals surface area contributed by atoms with E-state index >= 15 is 4.39 Å². The quantitative estimate of drug-likeness (QED) is 0.256. The van der Waals surface area contributed by atoms with E-state index in [1.807, 2.05) is 72.9 Å². The lowest BCUT2D eigenvalue weighted by Crippen LogP contribution is -2.33. The van der Waals surface area contributed by atoms with Crippen molar-refractivity contribution in [1.29, 1.82) is 0 Å². The van der Waals surface area contributed by atoms with Gasteiger partial charge in [-0.25, -0.2) is 14.4 Å². The van der Waals surface area contributed by atoms with Gasteiger partial charge in [-0.15, -0.1) is 0 Å². The van der Waals surface area contributed by atoms with E-state index in [9.17, 15) is 4.79 Å². The van der Waals surface area contributed by atoms with Gasteiger partial charge in [0.25, 0.3) is 0 Å². The lowest BCUT2D eigenvalue weighted by atomic mass is 10.1. The minimum atomic E-state index is -0.456. The molecule has 0 atom stereocenters. The summed E-state index contributed by atoms with van der Waals surface area (Å²) in [7, 11) is 5.92. The molecule has 0 aliphatic heterocycles. The largest absolute Gasteiger partial charge is 0.460 e. The van der Waals surface area contributed by atoms with Gasteiger partial charge in [0.2, 0.25) is 11.9 Å². The number of likely N-dealkylation sites (N-methyl/N-ethyl adjacent to an activating group) is 2. The summed E-state index contributed by atoms with van der Waals surface area (Å²) in [6, 6.07) is 12.9. The number of hydrogen-bond donors (Lipinski definition) is 2. The number of rotatable bonds is 9. The Balaban J connectivity index is 1.57. The number of aromatic nitrogens is 3. The Morgan fingerprint density at radius 3 is 2.67 bits per heavy atom. The van der Waals surface area contributed by atoms with E-state index in [2.05, 4.69) is 15.6 Å². The van der Waals surface area contributed by atoms with Gasteiger partial charge in [0, 0.05) is 68.0 Å². The molecule has 0 saturated heterocycles. The van der Waals surface area contributed by atoms with Gasteiger partial charge in [0.05, 0.1) is 17.6 Å². The number of para-hydroxylation sites is 1. The van der Waals surface area contributed by atoms with E-state index in [1.165, 1.54) is 13.0 Å². The molecule has 0 fully saturated rings. The molecule has 0 aliphatic carbocycles. The van der Waals surface area contributed by atoms with Crippen molar-refractivity contribution in [3.63, 3.8) is 0 Å². The third-order valence-corrected chi connectivity index (χ3v) is 6.60. The molecule has 0 aliphatic rings. The predicted octanol–water partition coefficient (Wildman–Crippen LogP) is 5.61. The van der Waals surface area contributed by atoms with Gasteiger partial charge in [-0.3, -0.25) is 4.79 Å². The third kappa shape index (κ3) is 5.28. The summed E-state index contributed by atoms with van der Waals surface area (Å²) in [5.74, 6) is -0.457. The Hall–Kier alpha value is -4.44. The molecule has 9 nitrogen and oxygen atoms in total.